The van der Waals surface area contributed by atoms with E-state index in [1.54, 1.807) is 0 Å². The summed E-state index contributed by atoms with van der Waals surface area (Å²) in [5.74, 6) is 0.420. The number of aromatic nitrogens is 2. The van der Waals surface area contributed by atoms with Crippen molar-refractivity contribution < 1.29 is 0 Å². The van der Waals surface area contributed by atoms with Crippen molar-refractivity contribution in [3.63, 3.8) is 0 Å². The van der Waals surface area contributed by atoms with Crippen molar-refractivity contribution in [2.45, 2.75) is 25.3 Å². The molecule has 3 aromatic rings. The minimum atomic E-state index is 0.420. The highest BCUT2D eigenvalue weighted by Gasteiger charge is 2.26. The molecule has 0 amide bonds. The first-order valence-corrected chi connectivity index (χ1v) is 9.27. The zero-order valence-corrected chi connectivity index (χ0v) is 14.7. The van der Waals surface area contributed by atoms with Crippen LogP contribution in [0.1, 0.15) is 35.4 Å². The van der Waals surface area contributed by atoms with Crippen LogP contribution in [0.3, 0.4) is 0 Å². The van der Waals surface area contributed by atoms with Gasteiger partial charge in [0, 0.05) is 56.4 Å². The second-order valence-corrected chi connectivity index (χ2v) is 7.48. The van der Waals surface area contributed by atoms with Gasteiger partial charge >= 0.3 is 0 Å². The Morgan fingerprint density at radius 1 is 1.04 bits per heavy atom. The molecule has 0 spiro atoms. The summed E-state index contributed by atoms with van der Waals surface area (Å²) in [5.41, 5.74) is 6.75. The largest absolute Gasteiger partial charge is 0.372 e. The molecule has 5 rings (SSSR count). The summed E-state index contributed by atoms with van der Waals surface area (Å²) >= 11 is 0. The average Bonchev–Trinajstić information content (AvgIpc) is 3.31. The van der Waals surface area contributed by atoms with Crippen LogP contribution in [0.2, 0.25) is 0 Å². The van der Waals surface area contributed by atoms with Crippen LogP contribution < -0.4 is 4.90 Å². The SMILES string of the molecule is CN1Cc2cc(N3CCCC3)ccc2C(c2ccn3ccnc3c2)C1. The number of fused-ring (bicyclic) bond motifs is 2. The smallest absolute Gasteiger partial charge is 0.136 e. The number of likely N-dealkylation sites (N-methyl/N-ethyl adjacent to an activating group) is 1. The molecule has 1 unspecified atom stereocenters. The van der Waals surface area contributed by atoms with E-state index in [1.165, 1.54) is 48.3 Å². The fourth-order valence-corrected chi connectivity index (χ4v) is 4.43. The van der Waals surface area contributed by atoms with Gasteiger partial charge in [-0.15, -0.1) is 0 Å². The lowest BCUT2D eigenvalue weighted by atomic mass is 9.85. The fraction of sp³-hybridized carbons (Fsp3) is 0.381. The first-order chi connectivity index (χ1) is 12.3. The molecule has 4 nitrogen and oxygen atoms in total. The maximum absolute atomic E-state index is 4.46. The van der Waals surface area contributed by atoms with Crippen molar-refractivity contribution in [1.82, 2.24) is 14.3 Å². The number of hydrogen-bond donors (Lipinski definition) is 0. The molecule has 4 heteroatoms. The van der Waals surface area contributed by atoms with Crippen molar-refractivity contribution in [3.8, 4) is 0 Å². The van der Waals surface area contributed by atoms with Gasteiger partial charge in [-0.1, -0.05) is 6.07 Å². The molecular formula is C21H24N4. The second kappa shape index (κ2) is 5.88. The number of nitrogens with zero attached hydrogens (tertiary/aromatic N) is 4. The number of rotatable bonds is 2. The number of imidazole rings is 1. The van der Waals surface area contributed by atoms with E-state index in [-0.39, 0.29) is 0 Å². The van der Waals surface area contributed by atoms with E-state index >= 15 is 0 Å². The van der Waals surface area contributed by atoms with Gasteiger partial charge in [-0.05, 0) is 60.8 Å². The summed E-state index contributed by atoms with van der Waals surface area (Å²) in [6.07, 6.45) is 8.64. The number of anilines is 1. The van der Waals surface area contributed by atoms with E-state index in [9.17, 15) is 0 Å². The second-order valence-electron chi connectivity index (χ2n) is 7.48. The molecule has 0 radical (unpaired) electrons. The Morgan fingerprint density at radius 2 is 1.92 bits per heavy atom. The fourth-order valence-electron chi connectivity index (χ4n) is 4.43. The van der Waals surface area contributed by atoms with E-state index in [0.717, 1.165) is 18.7 Å². The predicted molar refractivity (Wildman–Crippen MR) is 101 cm³/mol. The Morgan fingerprint density at radius 3 is 2.80 bits per heavy atom. The summed E-state index contributed by atoms with van der Waals surface area (Å²) in [5, 5.41) is 0. The van der Waals surface area contributed by atoms with Gasteiger partial charge in [0.1, 0.15) is 5.65 Å². The van der Waals surface area contributed by atoms with Gasteiger partial charge in [0.2, 0.25) is 0 Å². The molecule has 0 bridgehead atoms. The molecule has 2 aromatic heterocycles. The van der Waals surface area contributed by atoms with E-state index < -0.39 is 0 Å². The van der Waals surface area contributed by atoms with Gasteiger partial charge in [-0.3, -0.25) is 0 Å². The third kappa shape index (κ3) is 2.61. The highest BCUT2D eigenvalue weighted by atomic mass is 15.1. The zero-order valence-electron chi connectivity index (χ0n) is 14.7. The van der Waals surface area contributed by atoms with Crippen LogP contribution in [-0.2, 0) is 6.54 Å². The van der Waals surface area contributed by atoms with Crippen molar-refractivity contribution in [1.29, 1.82) is 0 Å². The monoisotopic (exact) mass is 332 g/mol. The molecule has 0 saturated carbocycles. The predicted octanol–water partition coefficient (Wildman–Crippen LogP) is 3.51. The van der Waals surface area contributed by atoms with E-state index in [2.05, 4.69) is 62.8 Å². The Kier molecular flexibility index (Phi) is 3.52. The molecule has 2 aliphatic heterocycles. The van der Waals surface area contributed by atoms with Crippen LogP contribution in [0.4, 0.5) is 5.69 Å². The Labute approximate surface area is 148 Å². The van der Waals surface area contributed by atoms with Crippen LogP contribution in [0.5, 0.6) is 0 Å². The average molecular weight is 332 g/mol. The molecule has 1 aromatic carbocycles. The van der Waals surface area contributed by atoms with Crippen molar-refractivity contribution >= 4 is 11.3 Å². The van der Waals surface area contributed by atoms with Crippen LogP contribution in [0.25, 0.3) is 5.65 Å². The summed E-state index contributed by atoms with van der Waals surface area (Å²) < 4.78 is 2.08. The number of pyridine rings is 1. The topological polar surface area (TPSA) is 23.8 Å². The van der Waals surface area contributed by atoms with Crippen LogP contribution in [0.15, 0.2) is 48.9 Å². The lowest BCUT2D eigenvalue weighted by molar-refractivity contribution is 0.295. The minimum Gasteiger partial charge on any atom is -0.372 e. The highest BCUT2D eigenvalue weighted by Crippen LogP contribution is 2.35. The summed E-state index contributed by atoms with van der Waals surface area (Å²) in [6, 6.07) is 11.6. The first-order valence-electron chi connectivity index (χ1n) is 9.27. The van der Waals surface area contributed by atoms with Gasteiger partial charge in [-0.2, -0.15) is 0 Å². The summed E-state index contributed by atoms with van der Waals surface area (Å²) in [7, 11) is 2.23. The van der Waals surface area contributed by atoms with Crippen LogP contribution >= 0.6 is 0 Å². The molecule has 1 fully saturated rings. The maximum atomic E-state index is 4.46. The van der Waals surface area contributed by atoms with Gasteiger partial charge < -0.3 is 14.2 Å². The Hall–Kier alpha value is -2.33. The normalized spacial score (nSPS) is 21.0. The molecule has 0 N–H and O–H groups in total. The Bertz CT molecular complexity index is 907. The minimum absolute atomic E-state index is 0.420. The highest BCUT2D eigenvalue weighted by molar-refractivity contribution is 5.55. The molecule has 4 heterocycles. The first kappa shape index (κ1) is 15.0. The van der Waals surface area contributed by atoms with Gasteiger partial charge in [0.15, 0.2) is 0 Å². The van der Waals surface area contributed by atoms with Gasteiger partial charge in [0.05, 0.1) is 0 Å². The number of benzene rings is 1. The van der Waals surface area contributed by atoms with Crippen molar-refractivity contribution in [2.75, 3.05) is 31.6 Å². The summed E-state index contributed by atoms with van der Waals surface area (Å²) in [6.45, 7) is 4.51. The quantitative estimate of drug-likeness (QED) is 0.717. The molecule has 2 aliphatic rings. The molecule has 128 valence electrons. The van der Waals surface area contributed by atoms with Gasteiger partial charge in [0.25, 0.3) is 0 Å². The van der Waals surface area contributed by atoms with Crippen LogP contribution in [0, 0.1) is 0 Å². The van der Waals surface area contributed by atoms with E-state index in [1.807, 2.05) is 12.4 Å². The van der Waals surface area contributed by atoms with E-state index in [0.29, 0.717) is 5.92 Å². The van der Waals surface area contributed by atoms with Gasteiger partial charge in [-0.25, -0.2) is 4.98 Å². The molecule has 1 atom stereocenters. The molecule has 1 saturated heterocycles. The maximum Gasteiger partial charge on any atom is 0.136 e. The lowest BCUT2D eigenvalue weighted by Crippen LogP contribution is -2.31. The summed E-state index contributed by atoms with van der Waals surface area (Å²) in [4.78, 5) is 9.43. The Balaban J connectivity index is 1.55. The molecule has 0 aliphatic carbocycles. The van der Waals surface area contributed by atoms with Crippen LogP contribution in [-0.4, -0.2) is 41.0 Å². The zero-order chi connectivity index (χ0) is 16.8. The molecule has 25 heavy (non-hydrogen) atoms. The lowest BCUT2D eigenvalue weighted by Gasteiger charge is -2.33. The standard InChI is InChI=1S/C21H24N4/c1-23-14-17-12-18(24-8-2-3-9-24)4-5-19(17)20(15-23)16-6-10-25-11-7-22-21(25)13-16/h4-7,10-13,20H,2-3,8-9,14-15H2,1H3. The molecular weight excluding hydrogens is 308 g/mol. The van der Waals surface area contributed by atoms with E-state index in [4.69, 9.17) is 0 Å². The number of hydrogen-bond acceptors (Lipinski definition) is 3. The van der Waals surface area contributed by atoms with Crippen molar-refractivity contribution in [3.05, 3.63) is 65.6 Å². The third-order valence-electron chi connectivity index (χ3n) is 5.73. The third-order valence-corrected chi connectivity index (χ3v) is 5.73. The van der Waals surface area contributed by atoms with Crippen molar-refractivity contribution in [2.24, 2.45) is 0 Å².